The summed E-state index contributed by atoms with van der Waals surface area (Å²) in [6, 6.07) is 10.8. The lowest BCUT2D eigenvalue weighted by molar-refractivity contribution is -0.120. The Labute approximate surface area is 143 Å². The zero-order chi connectivity index (χ0) is 18.2. The molecule has 0 unspecified atom stereocenters. The second-order valence-electron chi connectivity index (χ2n) is 5.37. The van der Waals surface area contributed by atoms with Crippen LogP contribution in [0.2, 0.25) is 0 Å². The Balaban J connectivity index is 1.79. The molecule has 2 aromatic carbocycles. The molecule has 0 aliphatic rings. The highest BCUT2D eigenvalue weighted by Crippen LogP contribution is 2.03. The molecule has 0 heterocycles. The van der Waals surface area contributed by atoms with E-state index in [1.807, 2.05) is 0 Å². The zero-order valence-electron chi connectivity index (χ0n) is 13.6. The van der Waals surface area contributed by atoms with E-state index in [1.54, 1.807) is 19.1 Å². The number of carbonyl (C=O) groups excluding carboxylic acids is 2. The van der Waals surface area contributed by atoms with Gasteiger partial charge in [-0.15, -0.1) is 0 Å². The van der Waals surface area contributed by atoms with E-state index in [2.05, 4.69) is 15.8 Å². The quantitative estimate of drug-likeness (QED) is 0.624. The van der Waals surface area contributed by atoms with Crippen molar-refractivity contribution in [1.29, 1.82) is 0 Å². The molecular weight excluding hydrogens is 328 g/mol. The van der Waals surface area contributed by atoms with Crippen molar-refractivity contribution in [2.75, 3.05) is 0 Å². The van der Waals surface area contributed by atoms with Gasteiger partial charge in [0.2, 0.25) is 5.91 Å². The van der Waals surface area contributed by atoms with Crippen molar-refractivity contribution in [2.45, 2.75) is 19.9 Å². The summed E-state index contributed by atoms with van der Waals surface area (Å²) < 4.78 is 25.6. The SMILES string of the molecule is C/C(CC(=O)NCc1ccc(F)cc1)=N/NC(=O)c1ccc(F)cc1. The molecule has 0 saturated heterocycles. The van der Waals surface area contributed by atoms with Gasteiger partial charge in [-0.2, -0.15) is 5.10 Å². The lowest BCUT2D eigenvalue weighted by Crippen LogP contribution is -2.26. The van der Waals surface area contributed by atoms with Gasteiger partial charge in [-0.3, -0.25) is 9.59 Å². The fourth-order valence-electron chi connectivity index (χ4n) is 1.95. The van der Waals surface area contributed by atoms with Crippen molar-refractivity contribution in [3.63, 3.8) is 0 Å². The zero-order valence-corrected chi connectivity index (χ0v) is 13.6. The van der Waals surface area contributed by atoms with E-state index < -0.39 is 11.7 Å². The topological polar surface area (TPSA) is 70.6 Å². The van der Waals surface area contributed by atoms with E-state index in [0.717, 1.165) is 5.56 Å². The van der Waals surface area contributed by atoms with Crippen molar-refractivity contribution in [2.24, 2.45) is 5.10 Å². The van der Waals surface area contributed by atoms with Gasteiger partial charge in [0.15, 0.2) is 0 Å². The van der Waals surface area contributed by atoms with Crippen LogP contribution >= 0.6 is 0 Å². The van der Waals surface area contributed by atoms with Crippen molar-refractivity contribution >= 4 is 17.5 Å². The number of rotatable bonds is 6. The van der Waals surface area contributed by atoms with Crippen molar-refractivity contribution in [1.82, 2.24) is 10.7 Å². The maximum atomic E-state index is 12.8. The molecule has 0 atom stereocenters. The van der Waals surface area contributed by atoms with Crippen LogP contribution in [-0.4, -0.2) is 17.5 Å². The van der Waals surface area contributed by atoms with Crippen LogP contribution in [0.5, 0.6) is 0 Å². The molecule has 2 aromatic rings. The lowest BCUT2D eigenvalue weighted by atomic mass is 10.2. The molecule has 0 radical (unpaired) electrons. The maximum Gasteiger partial charge on any atom is 0.271 e. The van der Waals surface area contributed by atoms with Gasteiger partial charge in [0.25, 0.3) is 5.91 Å². The Kier molecular flexibility index (Phi) is 6.33. The minimum atomic E-state index is -0.494. The Bertz CT molecular complexity index is 772. The molecule has 2 rings (SSSR count). The average molecular weight is 345 g/mol. The summed E-state index contributed by atoms with van der Waals surface area (Å²) in [7, 11) is 0. The summed E-state index contributed by atoms with van der Waals surface area (Å²) in [4.78, 5) is 23.6. The second-order valence-corrected chi connectivity index (χ2v) is 5.37. The number of amides is 2. The largest absolute Gasteiger partial charge is 0.352 e. The van der Waals surface area contributed by atoms with Crippen LogP contribution in [0.3, 0.4) is 0 Å². The number of hydrogen-bond acceptors (Lipinski definition) is 3. The fourth-order valence-corrected chi connectivity index (χ4v) is 1.95. The highest BCUT2D eigenvalue weighted by molar-refractivity contribution is 6.01. The normalized spacial score (nSPS) is 11.1. The first-order valence-electron chi connectivity index (χ1n) is 7.54. The first kappa shape index (κ1) is 18.3. The smallest absolute Gasteiger partial charge is 0.271 e. The van der Waals surface area contributed by atoms with Crippen LogP contribution in [0.4, 0.5) is 8.78 Å². The van der Waals surface area contributed by atoms with Crippen LogP contribution in [0, 0.1) is 11.6 Å². The Hall–Kier alpha value is -3.09. The number of halogens is 2. The third-order valence-corrected chi connectivity index (χ3v) is 3.27. The molecule has 0 aliphatic heterocycles. The Morgan fingerprint density at radius 3 is 2.12 bits per heavy atom. The molecule has 0 aliphatic carbocycles. The van der Waals surface area contributed by atoms with Gasteiger partial charge in [-0.1, -0.05) is 12.1 Å². The van der Waals surface area contributed by atoms with Gasteiger partial charge in [-0.05, 0) is 48.9 Å². The summed E-state index contributed by atoms with van der Waals surface area (Å²) in [6.07, 6.45) is 0.00485. The highest BCUT2D eigenvalue weighted by Gasteiger charge is 2.07. The van der Waals surface area contributed by atoms with E-state index in [0.29, 0.717) is 5.71 Å². The number of benzene rings is 2. The third-order valence-electron chi connectivity index (χ3n) is 3.27. The molecule has 0 aromatic heterocycles. The first-order chi connectivity index (χ1) is 11.9. The molecule has 7 heteroatoms. The van der Waals surface area contributed by atoms with Gasteiger partial charge >= 0.3 is 0 Å². The van der Waals surface area contributed by atoms with Crippen LogP contribution in [0.15, 0.2) is 53.6 Å². The van der Waals surface area contributed by atoms with Gasteiger partial charge in [0.05, 0.1) is 6.42 Å². The number of hydrazone groups is 1. The Morgan fingerprint density at radius 1 is 0.960 bits per heavy atom. The molecule has 130 valence electrons. The minimum Gasteiger partial charge on any atom is -0.352 e. The predicted molar refractivity (Wildman–Crippen MR) is 89.8 cm³/mol. The van der Waals surface area contributed by atoms with Crippen LogP contribution in [0.25, 0.3) is 0 Å². The summed E-state index contributed by atoms with van der Waals surface area (Å²) >= 11 is 0. The molecule has 0 bridgehead atoms. The monoisotopic (exact) mass is 345 g/mol. The molecule has 2 amide bonds. The molecule has 0 fully saturated rings. The highest BCUT2D eigenvalue weighted by atomic mass is 19.1. The van der Waals surface area contributed by atoms with Gasteiger partial charge in [-0.25, -0.2) is 14.2 Å². The van der Waals surface area contributed by atoms with Gasteiger partial charge in [0.1, 0.15) is 11.6 Å². The number of nitrogens with zero attached hydrogens (tertiary/aromatic N) is 1. The summed E-state index contributed by atoms with van der Waals surface area (Å²) in [5.41, 5.74) is 3.75. The molecule has 25 heavy (non-hydrogen) atoms. The molecule has 5 nitrogen and oxygen atoms in total. The van der Waals surface area contributed by atoms with Gasteiger partial charge < -0.3 is 5.32 Å². The second kappa shape index (κ2) is 8.68. The molecule has 0 spiro atoms. The van der Waals surface area contributed by atoms with Crippen LogP contribution < -0.4 is 10.7 Å². The number of carbonyl (C=O) groups is 2. The van der Waals surface area contributed by atoms with E-state index in [9.17, 15) is 18.4 Å². The van der Waals surface area contributed by atoms with Crippen molar-refractivity contribution in [3.8, 4) is 0 Å². The average Bonchev–Trinajstić information content (AvgIpc) is 2.60. The van der Waals surface area contributed by atoms with Crippen LogP contribution in [0.1, 0.15) is 29.3 Å². The third kappa shape index (κ3) is 6.14. The molecule has 0 saturated carbocycles. The molecule has 2 N–H and O–H groups in total. The van der Waals surface area contributed by atoms with E-state index in [1.165, 1.54) is 36.4 Å². The van der Waals surface area contributed by atoms with Gasteiger partial charge in [0, 0.05) is 17.8 Å². The van der Waals surface area contributed by atoms with E-state index >= 15 is 0 Å². The Morgan fingerprint density at radius 2 is 1.52 bits per heavy atom. The van der Waals surface area contributed by atoms with E-state index in [-0.39, 0.29) is 30.3 Å². The standard InChI is InChI=1S/C18H17F2N3O2/c1-12(22-23-18(25)14-4-8-16(20)9-5-14)10-17(24)21-11-13-2-6-15(19)7-3-13/h2-9H,10-11H2,1H3,(H,21,24)(H,23,25)/b22-12-. The molecular formula is C18H17F2N3O2. The van der Waals surface area contributed by atoms with Crippen LogP contribution in [-0.2, 0) is 11.3 Å². The summed E-state index contributed by atoms with van der Waals surface area (Å²) in [6.45, 7) is 1.87. The minimum absolute atomic E-state index is 0.00485. The summed E-state index contributed by atoms with van der Waals surface area (Å²) in [5.74, 6) is -1.54. The predicted octanol–water partition coefficient (Wildman–Crippen LogP) is 2.78. The fraction of sp³-hybridized carbons (Fsp3) is 0.167. The first-order valence-corrected chi connectivity index (χ1v) is 7.54. The number of nitrogens with one attached hydrogen (secondary N) is 2. The lowest BCUT2D eigenvalue weighted by Gasteiger charge is -2.06. The van der Waals surface area contributed by atoms with Crippen molar-refractivity contribution < 1.29 is 18.4 Å². The summed E-state index contributed by atoms with van der Waals surface area (Å²) in [5, 5.41) is 6.52. The number of hydrogen-bond donors (Lipinski definition) is 2. The maximum absolute atomic E-state index is 12.8. The van der Waals surface area contributed by atoms with E-state index in [4.69, 9.17) is 0 Å². The van der Waals surface area contributed by atoms with Crippen molar-refractivity contribution in [3.05, 3.63) is 71.3 Å².